The molecule has 0 N–H and O–H groups in total. The van der Waals surface area contributed by atoms with Gasteiger partial charge in [-0.05, 0) is 36.2 Å². The maximum atomic E-state index is 13.0. The summed E-state index contributed by atoms with van der Waals surface area (Å²) in [5, 5.41) is 0. The zero-order valence-electron chi connectivity index (χ0n) is 16.7. The first kappa shape index (κ1) is 21.3. The predicted molar refractivity (Wildman–Crippen MR) is 109 cm³/mol. The number of esters is 1. The van der Waals surface area contributed by atoms with Gasteiger partial charge >= 0.3 is 5.97 Å². The Labute approximate surface area is 171 Å². The average molecular weight is 419 g/mol. The summed E-state index contributed by atoms with van der Waals surface area (Å²) in [7, 11) is -2.29. The number of methoxy groups -OCH3 is 1. The van der Waals surface area contributed by atoms with E-state index in [0.29, 0.717) is 37.5 Å². The van der Waals surface area contributed by atoms with Gasteiger partial charge in [0, 0.05) is 32.7 Å². The second-order valence-corrected chi connectivity index (χ2v) is 8.90. The number of aryl methyl sites for hydroxylation is 1. The van der Waals surface area contributed by atoms with Gasteiger partial charge < -0.3 is 9.47 Å². The normalized spacial score (nSPS) is 15.8. The van der Waals surface area contributed by atoms with E-state index in [2.05, 4.69) is 21.8 Å². The van der Waals surface area contributed by atoms with Crippen LogP contribution < -0.4 is 4.74 Å². The van der Waals surface area contributed by atoms with E-state index in [0.717, 1.165) is 6.54 Å². The number of hydrogen-bond donors (Lipinski definition) is 0. The third-order valence-electron chi connectivity index (χ3n) is 4.94. The lowest BCUT2D eigenvalue weighted by Crippen LogP contribution is -2.48. The van der Waals surface area contributed by atoms with Crippen LogP contribution in [0.3, 0.4) is 0 Å². The van der Waals surface area contributed by atoms with Crippen molar-refractivity contribution in [3.63, 3.8) is 0 Å². The molecule has 1 saturated heterocycles. The average Bonchev–Trinajstić information content (AvgIpc) is 2.73. The van der Waals surface area contributed by atoms with E-state index in [1.54, 1.807) is 19.1 Å². The molecule has 0 amide bonds. The summed E-state index contributed by atoms with van der Waals surface area (Å²) in [6.07, 6.45) is 0. The Morgan fingerprint density at radius 2 is 1.72 bits per heavy atom. The number of rotatable bonds is 7. The molecule has 0 spiro atoms. The van der Waals surface area contributed by atoms with Crippen LogP contribution in [0, 0.1) is 6.92 Å². The van der Waals surface area contributed by atoms with E-state index >= 15 is 0 Å². The van der Waals surface area contributed by atoms with Gasteiger partial charge in [0.2, 0.25) is 10.0 Å². The van der Waals surface area contributed by atoms with E-state index in [-0.39, 0.29) is 11.5 Å². The first-order valence-corrected chi connectivity index (χ1v) is 10.9. The molecule has 0 aliphatic carbocycles. The third kappa shape index (κ3) is 5.35. The Morgan fingerprint density at radius 3 is 2.34 bits per heavy atom. The van der Waals surface area contributed by atoms with Gasteiger partial charge in [-0.2, -0.15) is 4.31 Å². The third-order valence-corrected chi connectivity index (χ3v) is 6.83. The van der Waals surface area contributed by atoms with E-state index in [1.807, 2.05) is 18.2 Å². The molecule has 7 nitrogen and oxygen atoms in total. The van der Waals surface area contributed by atoms with Gasteiger partial charge in [0.1, 0.15) is 5.75 Å². The van der Waals surface area contributed by atoms with Crippen molar-refractivity contribution in [1.29, 1.82) is 0 Å². The highest BCUT2D eigenvalue weighted by Crippen LogP contribution is 2.25. The quantitative estimate of drug-likeness (QED) is 0.641. The molecule has 0 aromatic heterocycles. The monoisotopic (exact) mass is 418 g/mol. The topological polar surface area (TPSA) is 76.1 Å². The highest BCUT2D eigenvalue weighted by molar-refractivity contribution is 7.89. The number of sulfonamides is 1. The molecule has 156 valence electrons. The maximum Gasteiger partial charge on any atom is 0.343 e. The Hall–Kier alpha value is -2.42. The highest BCUT2D eigenvalue weighted by Gasteiger charge is 2.28. The van der Waals surface area contributed by atoms with Crippen LogP contribution in [0.1, 0.15) is 11.1 Å². The van der Waals surface area contributed by atoms with Crippen LogP contribution in [0.25, 0.3) is 0 Å². The molecule has 1 aliphatic heterocycles. The summed E-state index contributed by atoms with van der Waals surface area (Å²) in [5.74, 6) is -0.0310. The van der Waals surface area contributed by atoms with Crippen LogP contribution in [0.5, 0.6) is 5.75 Å². The van der Waals surface area contributed by atoms with Crippen molar-refractivity contribution in [1.82, 2.24) is 9.21 Å². The van der Waals surface area contributed by atoms with Gasteiger partial charge in [-0.15, -0.1) is 0 Å². The number of benzene rings is 2. The highest BCUT2D eigenvalue weighted by atomic mass is 32.2. The zero-order valence-corrected chi connectivity index (χ0v) is 17.5. The van der Waals surface area contributed by atoms with Gasteiger partial charge in [-0.3, -0.25) is 4.90 Å². The van der Waals surface area contributed by atoms with Gasteiger partial charge in [0.25, 0.3) is 0 Å². The Morgan fingerprint density at radius 1 is 1.03 bits per heavy atom. The van der Waals surface area contributed by atoms with Crippen molar-refractivity contribution < 1.29 is 22.7 Å². The molecular formula is C21H26N2O5S. The molecule has 8 heteroatoms. The standard InChI is InChI=1S/C21H26N2O5S/c1-17-14-19(8-9-20(17)28-16-21(24)27-2)29(25,26)23-12-10-22(11-13-23)15-18-6-4-3-5-7-18/h3-9,14H,10-13,15-16H2,1-2H3. The van der Waals surface area contributed by atoms with Crippen LogP contribution >= 0.6 is 0 Å². The molecular weight excluding hydrogens is 392 g/mol. The van der Waals surface area contributed by atoms with Crippen molar-refractivity contribution >= 4 is 16.0 Å². The largest absolute Gasteiger partial charge is 0.482 e. The fourth-order valence-corrected chi connectivity index (χ4v) is 4.77. The van der Waals surface area contributed by atoms with Crippen molar-refractivity contribution in [3.8, 4) is 5.75 Å². The lowest BCUT2D eigenvalue weighted by Gasteiger charge is -2.34. The fraction of sp³-hybridized carbons (Fsp3) is 0.381. The number of piperazine rings is 1. The molecule has 29 heavy (non-hydrogen) atoms. The molecule has 0 saturated carbocycles. The lowest BCUT2D eigenvalue weighted by molar-refractivity contribution is -0.142. The van der Waals surface area contributed by atoms with Crippen molar-refractivity contribution in [2.75, 3.05) is 39.9 Å². The SMILES string of the molecule is COC(=O)COc1ccc(S(=O)(=O)N2CCN(Cc3ccccc3)CC2)cc1C. The van der Waals surface area contributed by atoms with Crippen LogP contribution in [-0.2, 0) is 26.1 Å². The molecule has 1 fully saturated rings. The maximum absolute atomic E-state index is 13.0. The minimum absolute atomic E-state index is 0.215. The molecule has 0 atom stereocenters. The summed E-state index contributed by atoms with van der Waals surface area (Å²) >= 11 is 0. The Kier molecular flexibility index (Phi) is 6.89. The van der Waals surface area contributed by atoms with E-state index in [1.165, 1.54) is 23.0 Å². The number of ether oxygens (including phenoxy) is 2. The molecule has 2 aromatic rings. The van der Waals surface area contributed by atoms with E-state index < -0.39 is 16.0 Å². The van der Waals surface area contributed by atoms with Crippen LogP contribution in [-0.4, -0.2) is 63.5 Å². The van der Waals surface area contributed by atoms with E-state index in [4.69, 9.17) is 4.74 Å². The molecule has 3 rings (SSSR count). The first-order chi connectivity index (χ1) is 13.9. The number of hydrogen-bond acceptors (Lipinski definition) is 6. The Bertz CT molecular complexity index is 939. The Balaban J connectivity index is 1.62. The van der Waals surface area contributed by atoms with Gasteiger partial charge in [-0.25, -0.2) is 13.2 Å². The van der Waals surface area contributed by atoms with Crippen LogP contribution in [0.15, 0.2) is 53.4 Å². The van der Waals surface area contributed by atoms with Gasteiger partial charge in [0.15, 0.2) is 6.61 Å². The van der Waals surface area contributed by atoms with Crippen LogP contribution in [0.4, 0.5) is 0 Å². The second kappa shape index (κ2) is 9.39. The van der Waals surface area contributed by atoms with Gasteiger partial charge in [0.05, 0.1) is 12.0 Å². The number of carbonyl (C=O) groups is 1. The smallest absolute Gasteiger partial charge is 0.343 e. The molecule has 1 aliphatic rings. The molecule has 0 unspecified atom stereocenters. The summed E-state index contributed by atoms with van der Waals surface area (Å²) in [5.41, 5.74) is 1.87. The van der Waals surface area contributed by atoms with E-state index in [9.17, 15) is 13.2 Å². The van der Waals surface area contributed by atoms with Crippen LogP contribution in [0.2, 0.25) is 0 Å². The van der Waals surface area contributed by atoms with Crippen molar-refractivity contribution in [2.45, 2.75) is 18.4 Å². The number of carbonyl (C=O) groups excluding carboxylic acids is 1. The summed E-state index contributed by atoms with van der Waals surface area (Å²) < 4.78 is 37.5. The van der Waals surface area contributed by atoms with Gasteiger partial charge in [-0.1, -0.05) is 30.3 Å². The molecule has 2 aromatic carbocycles. The summed E-state index contributed by atoms with van der Waals surface area (Å²) in [6.45, 7) is 4.64. The summed E-state index contributed by atoms with van der Waals surface area (Å²) in [4.78, 5) is 13.7. The minimum atomic E-state index is -3.57. The first-order valence-electron chi connectivity index (χ1n) is 9.47. The fourth-order valence-electron chi connectivity index (χ4n) is 3.26. The molecule has 0 bridgehead atoms. The minimum Gasteiger partial charge on any atom is -0.482 e. The molecule has 1 heterocycles. The molecule has 0 radical (unpaired) electrons. The predicted octanol–water partition coefficient (Wildman–Crippen LogP) is 2.05. The van der Waals surface area contributed by atoms with Crippen molar-refractivity contribution in [3.05, 3.63) is 59.7 Å². The number of nitrogens with zero attached hydrogens (tertiary/aromatic N) is 2. The summed E-state index contributed by atoms with van der Waals surface area (Å²) in [6, 6.07) is 14.8. The zero-order chi connectivity index (χ0) is 20.9. The van der Waals surface area contributed by atoms with Crippen molar-refractivity contribution in [2.24, 2.45) is 0 Å². The second-order valence-electron chi connectivity index (χ2n) is 6.96. The lowest BCUT2D eigenvalue weighted by atomic mass is 10.2.